The molecule has 0 saturated carbocycles. The van der Waals surface area contributed by atoms with Crippen LogP contribution in [0.25, 0.3) is 10.4 Å². The van der Waals surface area contributed by atoms with Gasteiger partial charge in [-0.25, -0.2) is 9.97 Å². The van der Waals surface area contributed by atoms with Crippen LogP contribution >= 0.6 is 22.9 Å². The van der Waals surface area contributed by atoms with E-state index in [1.54, 1.807) is 12.4 Å². The second kappa shape index (κ2) is 3.32. The van der Waals surface area contributed by atoms with Crippen molar-refractivity contribution in [2.75, 3.05) is 5.73 Å². The predicted octanol–water partition coefficient (Wildman–Crippen LogP) is 2.44. The number of thiophene rings is 1. The minimum atomic E-state index is 0.284. The summed E-state index contributed by atoms with van der Waals surface area (Å²) < 4.78 is 0.756. The molecule has 2 aromatic rings. The molecule has 66 valence electrons. The SMILES string of the molecule is Nc1ncc(-c2ccc(Cl)s2)cn1. The Bertz CT molecular complexity index is 410. The monoisotopic (exact) mass is 211 g/mol. The number of hydrogen-bond donors (Lipinski definition) is 1. The summed E-state index contributed by atoms with van der Waals surface area (Å²) in [6.45, 7) is 0. The van der Waals surface area contributed by atoms with Crippen LogP contribution in [0.1, 0.15) is 0 Å². The van der Waals surface area contributed by atoms with Crippen molar-refractivity contribution in [3.63, 3.8) is 0 Å². The summed E-state index contributed by atoms with van der Waals surface area (Å²) in [6, 6.07) is 3.78. The fourth-order valence-electron chi connectivity index (χ4n) is 0.935. The molecule has 0 saturated heterocycles. The van der Waals surface area contributed by atoms with E-state index in [0.29, 0.717) is 0 Å². The Morgan fingerprint density at radius 3 is 2.46 bits per heavy atom. The number of aromatic nitrogens is 2. The maximum atomic E-state index is 5.79. The highest BCUT2D eigenvalue weighted by Gasteiger charge is 2.01. The number of nitrogen functional groups attached to an aromatic ring is 1. The first kappa shape index (κ1) is 8.47. The van der Waals surface area contributed by atoms with Crippen LogP contribution < -0.4 is 5.73 Å². The Kier molecular flexibility index (Phi) is 2.16. The van der Waals surface area contributed by atoms with Gasteiger partial charge in [0.1, 0.15) is 0 Å². The van der Waals surface area contributed by atoms with Gasteiger partial charge in [0.05, 0.1) is 4.34 Å². The summed E-state index contributed by atoms with van der Waals surface area (Å²) >= 11 is 7.29. The Labute approximate surface area is 84.2 Å². The van der Waals surface area contributed by atoms with E-state index < -0.39 is 0 Å². The van der Waals surface area contributed by atoms with Crippen molar-refractivity contribution in [1.29, 1.82) is 0 Å². The molecule has 3 nitrogen and oxygen atoms in total. The van der Waals surface area contributed by atoms with Gasteiger partial charge in [-0.1, -0.05) is 11.6 Å². The van der Waals surface area contributed by atoms with Crippen molar-refractivity contribution in [3.8, 4) is 10.4 Å². The third-order valence-corrected chi connectivity index (χ3v) is 2.81. The molecule has 2 aromatic heterocycles. The third kappa shape index (κ3) is 1.79. The highest BCUT2D eigenvalue weighted by atomic mass is 35.5. The number of anilines is 1. The van der Waals surface area contributed by atoms with Crippen LogP contribution in [0.4, 0.5) is 5.95 Å². The van der Waals surface area contributed by atoms with Crippen LogP contribution in [0.15, 0.2) is 24.5 Å². The van der Waals surface area contributed by atoms with E-state index in [1.807, 2.05) is 12.1 Å². The minimum absolute atomic E-state index is 0.284. The highest BCUT2D eigenvalue weighted by molar-refractivity contribution is 7.19. The molecular weight excluding hydrogens is 206 g/mol. The normalized spacial score (nSPS) is 10.2. The topological polar surface area (TPSA) is 51.8 Å². The Hall–Kier alpha value is -1.13. The van der Waals surface area contributed by atoms with Gasteiger partial charge < -0.3 is 5.73 Å². The molecule has 0 aliphatic carbocycles. The van der Waals surface area contributed by atoms with Gasteiger partial charge in [0.25, 0.3) is 0 Å². The van der Waals surface area contributed by atoms with E-state index >= 15 is 0 Å². The first-order chi connectivity index (χ1) is 6.25. The molecule has 2 N–H and O–H groups in total. The van der Waals surface area contributed by atoms with Crippen LogP contribution in [0.3, 0.4) is 0 Å². The van der Waals surface area contributed by atoms with Crippen molar-refractivity contribution >= 4 is 28.9 Å². The summed E-state index contributed by atoms with van der Waals surface area (Å²) in [5.74, 6) is 0.284. The van der Waals surface area contributed by atoms with Crippen LogP contribution in [-0.4, -0.2) is 9.97 Å². The van der Waals surface area contributed by atoms with E-state index in [2.05, 4.69) is 9.97 Å². The second-order valence-corrected chi connectivity index (χ2v) is 4.15. The fraction of sp³-hybridized carbons (Fsp3) is 0. The Balaban J connectivity index is 2.41. The minimum Gasteiger partial charge on any atom is -0.368 e. The molecule has 13 heavy (non-hydrogen) atoms. The van der Waals surface area contributed by atoms with Gasteiger partial charge in [-0.05, 0) is 12.1 Å². The summed E-state index contributed by atoms with van der Waals surface area (Å²) in [6.07, 6.45) is 3.37. The number of halogens is 1. The maximum absolute atomic E-state index is 5.79. The lowest BCUT2D eigenvalue weighted by molar-refractivity contribution is 1.19. The van der Waals surface area contributed by atoms with Gasteiger partial charge in [-0.2, -0.15) is 0 Å². The summed E-state index contributed by atoms with van der Waals surface area (Å²) in [4.78, 5) is 8.84. The van der Waals surface area contributed by atoms with Crippen molar-refractivity contribution < 1.29 is 0 Å². The lowest BCUT2D eigenvalue weighted by atomic mass is 10.3. The molecule has 0 radical (unpaired) electrons. The summed E-state index contributed by atoms with van der Waals surface area (Å²) in [7, 11) is 0. The zero-order valence-corrected chi connectivity index (χ0v) is 8.14. The molecule has 0 aromatic carbocycles. The van der Waals surface area contributed by atoms with Crippen molar-refractivity contribution in [3.05, 3.63) is 28.9 Å². The third-order valence-electron chi connectivity index (χ3n) is 1.53. The molecule has 0 unspecified atom stereocenters. The quantitative estimate of drug-likeness (QED) is 0.788. The van der Waals surface area contributed by atoms with E-state index in [1.165, 1.54) is 11.3 Å². The lowest BCUT2D eigenvalue weighted by Crippen LogP contribution is -1.92. The number of nitrogens with zero attached hydrogens (tertiary/aromatic N) is 2. The summed E-state index contributed by atoms with van der Waals surface area (Å²) in [5, 5.41) is 0. The predicted molar refractivity (Wildman–Crippen MR) is 54.8 cm³/mol. The molecule has 0 spiro atoms. The molecular formula is C8H6ClN3S. The smallest absolute Gasteiger partial charge is 0.219 e. The standard InChI is InChI=1S/C8H6ClN3S/c9-7-2-1-6(13-7)5-3-11-8(10)12-4-5/h1-4H,(H2,10,11,12). The van der Waals surface area contributed by atoms with Crippen molar-refractivity contribution in [2.24, 2.45) is 0 Å². The zero-order valence-electron chi connectivity index (χ0n) is 6.57. The van der Waals surface area contributed by atoms with Gasteiger partial charge in [0, 0.05) is 22.8 Å². The second-order valence-electron chi connectivity index (χ2n) is 2.43. The molecule has 0 amide bonds. The Morgan fingerprint density at radius 2 is 1.92 bits per heavy atom. The van der Waals surface area contributed by atoms with Crippen LogP contribution in [0.5, 0.6) is 0 Å². The van der Waals surface area contributed by atoms with E-state index in [4.69, 9.17) is 17.3 Å². The van der Waals surface area contributed by atoms with Crippen LogP contribution in [0.2, 0.25) is 4.34 Å². The van der Waals surface area contributed by atoms with Crippen LogP contribution in [-0.2, 0) is 0 Å². The summed E-state index contributed by atoms with van der Waals surface area (Å²) in [5.41, 5.74) is 6.30. The zero-order chi connectivity index (χ0) is 9.26. The molecule has 2 rings (SSSR count). The highest BCUT2D eigenvalue weighted by Crippen LogP contribution is 2.29. The molecule has 0 bridgehead atoms. The average molecular weight is 212 g/mol. The van der Waals surface area contributed by atoms with Crippen LogP contribution in [0, 0.1) is 0 Å². The first-order valence-corrected chi connectivity index (χ1v) is 4.78. The van der Waals surface area contributed by atoms with Crippen molar-refractivity contribution in [2.45, 2.75) is 0 Å². The molecule has 0 fully saturated rings. The van der Waals surface area contributed by atoms with E-state index in [9.17, 15) is 0 Å². The fourth-order valence-corrected chi connectivity index (χ4v) is 1.95. The van der Waals surface area contributed by atoms with Gasteiger partial charge in [0.15, 0.2) is 0 Å². The lowest BCUT2D eigenvalue weighted by Gasteiger charge is -1.95. The van der Waals surface area contributed by atoms with Crippen molar-refractivity contribution in [1.82, 2.24) is 9.97 Å². The van der Waals surface area contributed by atoms with Gasteiger partial charge in [-0.3, -0.25) is 0 Å². The van der Waals surface area contributed by atoms with Gasteiger partial charge in [0.2, 0.25) is 5.95 Å². The molecule has 0 aliphatic heterocycles. The van der Waals surface area contributed by atoms with E-state index in [-0.39, 0.29) is 5.95 Å². The molecule has 0 atom stereocenters. The average Bonchev–Trinajstić information content (AvgIpc) is 2.53. The van der Waals surface area contributed by atoms with Gasteiger partial charge in [-0.15, -0.1) is 11.3 Å². The first-order valence-electron chi connectivity index (χ1n) is 3.59. The maximum Gasteiger partial charge on any atom is 0.219 e. The van der Waals surface area contributed by atoms with E-state index in [0.717, 1.165) is 14.8 Å². The number of nitrogens with two attached hydrogens (primary N) is 1. The molecule has 0 aliphatic rings. The molecule has 5 heteroatoms. The van der Waals surface area contributed by atoms with Gasteiger partial charge >= 0.3 is 0 Å². The number of rotatable bonds is 1. The Morgan fingerprint density at radius 1 is 1.23 bits per heavy atom. The molecule has 2 heterocycles. The number of hydrogen-bond acceptors (Lipinski definition) is 4. The largest absolute Gasteiger partial charge is 0.368 e.